The van der Waals surface area contributed by atoms with E-state index in [4.69, 9.17) is 0 Å². The summed E-state index contributed by atoms with van der Waals surface area (Å²) in [6.45, 7) is 3.12. The normalized spacial score (nSPS) is 22.6. The van der Waals surface area contributed by atoms with Crippen LogP contribution >= 0.6 is 0 Å². The number of nitrogens with zero attached hydrogens (tertiary/aromatic N) is 2. The summed E-state index contributed by atoms with van der Waals surface area (Å²) < 4.78 is 39.0. The second-order valence-corrected chi connectivity index (χ2v) is 5.86. The molecule has 0 amide bonds. The van der Waals surface area contributed by atoms with Gasteiger partial charge in [-0.05, 0) is 19.1 Å². The first-order valence-electron chi connectivity index (χ1n) is 5.36. The maximum absolute atomic E-state index is 13.5. The van der Waals surface area contributed by atoms with Crippen molar-refractivity contribution in [3.63, 3.8) is 0 Å². The third-order valence-electron chi connectivity index (χ3n) is 2.64. The molecule has 1 atom stereocenters. The lowest BCUT2D eigenvalue weighted by atomic mass is 10.3. The molecule has 2 rings (SSSR count). The van der Waals surface area contributed by atoms with E-state index in [0.717, 1.165) is 6.07 Å². The average molecular weight is 259 g/mol. The maximum Gasteiger partial charge on any atom is 0.263 e. The topological polar surface area (TPSA) is 62.3 Å². The van der Waals surface area contributed by atoms with Crippen LogP contribution in [0.3, 0.4) is 0 Å². The lowest BCUT2D eigenvalue weighted by molar-refractivity contribution is 0.308. The number of aromatic nitrogens is 1. The molecule has 0 bridgehead atoms. The molecule has 17 heavy (non-hydrogen) atoms. The molecular formula is C10H14FN3O2S. The lowest BCUT2D eigenvalue weighted by Gasteiger charge is -2.30. The monoisotopic (exact) mass is 259 g/mol. The summed E-state index contributed by atoms with van der Waals surface area (Å²) in [5, 5.41) is 2.64. The number of hydrogen-bond donors (Lipinski definition) is 1. The summed E-state index contributed by atoms with van der Waals surface area (Å²) in [5.41, 5.74) is 0. The zero-order valence-corrected chi connectivity index (χ0v) is 10.2. The zero-order valence-electron chi connectivity index (χ0n) is 9.43. The highest BCUT2D eigenvalue weighted by atomic mass is 32.2. The molecule has 1 aliphatic rings. The van der Waals surface area contributed by atoms with E-state index in [1.165, 1.54) is 16.6 Å². The minimum Gasteiger partial charge on any atom is -0.312 e. The van der Waals surface area contributed by atoms with E-state index in [9.17, 15) is 12.8 Å². The maximum atomic E-state index is 13.5. The Morgan fingerprint density at radius 1 is 1.59 bits per heavy atom. The molecule has 1 N–H and O–H groups in total. The molecule has 1 aliphatic heterocycles. The highest BCUT2D eigenvalue weighted by molar-refractivity contribution is 7.89. The number of sulfonamides is 1. The Morgan fingerprint density at radius 2 is 2.35 bits per heavy atom. The number of rotatable bonds is 2. The van der Waals surface area contributed by atoms with Gasteiger partial charge in [0.15, 0.2) is 5.82 Å². The third kappa shape index (κ3) is 2.46. The fourth-order valence-corrected chi connectivity index (χ4v) is 3.30. The molecule has 1 fully saturated rings. The van der Waals surface area contributed by atoms with Crippen LogP contribution < -0.4 is 5.32 Å². The first-order chi connectivity index (χ1) is 8.01. The summed E-state index contributed by atoms with van der Waals surface area (Å²) in [5.74, 6) is -0.807. The van der Waals surface area contributed by atoms with Gasteiger partial charge in [-0.1, -0.05) is 0 Å². The van der Waals surface area contributed by atoms with E-state index in [0.29, 0.717) is 19.6 Å². The number of nitrogens with one attached hydrogen (secondary N) is 1. The first-order valence-corrected chi connectivity index (χ1v) is 6.80. The Balaban J connectivity index is 2.33. The fraction of sp³-hybridized carbons (Fsp3) is 0.500. The van der Waals surface area contributed by atoms with Crippen LogP contribution in [0.25, 0.3) is 0 Å². The second-order valence-electron chi connectivity index (χ2n) is 4.01. The van der Waals surface area contributed by atoms with Crippen LogP contribution in [0.15, 0.2) is 23.4 Å². The Kier molecular flexibility index (Phi) is 3.41. The van der Waals surface area contributed by atoms with E-state index in [1.807, 2.05) is 6.92 Å². The molecule has 94 valence electrons. The van der Waals surface area contributed by atoms with Crippen LogP contribution in [0.1, 0.15) is 6.92 Å². The van der Waals surface area contributed by atoms with E-state index < -0.39 is 20.9 Å². The Hall–Kier alpha value is -1.05. The van der Waals surface area contributed by atoms with Crippen molar-refractivity contribution in [2.24, 2.45) is 0 Å². The highest BCUT2D eigenvalue weighted by Crippen LogP contribution is 2.17. The molecule has 0 spiro atoms. The standard InChI is InChI=1S/C10H14FN3O2S/c1-8-7-14(6-5-12-8)17(15,16)10-9(11)3-2-4-13-10/h2-4,8,12H,5-7H2,1H3. The van der Waals surface area contributed by atoms with Gasteiger partial charge in [0.05, 0.1) is 0 Å². The minimum absolute atomic E-state index is 0.0605. The second kappa shape index (κ2) is 4.67. The van der Waals surface area contributed by atoms with Crippen molar-refractivity contribution in [2.75, 3.05) is 19.6 Å². The number of pyridine rings is 1. The predicted octanol–water partition coefficient (Wildman–Crippen LogP) is 0.203. The number of hydrogen-bond acceptors (Lipinski definition) is 4. The summed E-state index contributed by atoms with van der Waals surface area (Å²) in [6.07, 6.45) is 1.28. The average Bonchev–Trinajstić information content (AvgIpc) is 2.29. The van der Waals surface area contributed by atoms with Crippen LogP contribution in [0.2, 0.25) is 0 Å². The molecule has 1 aromatic heterocycles. The van der Waals surface area contributed by atoms with Gasteiger partial charge in [-0.15, -0.1) is 0 Å². The quantitative estimate of drug-likeness (QED) is 0.824. The van der Waals surface area contributed by atoms with Crippen LogP contribution in [0.4, 0.5) is 4.39 Å². The smallest absolute Gasteiger partial charge is 0.263 e. The van der Waals surface area contributed by atoms with Crippen molar-refractivity contribution in [3.8, 4) is 0 Å². The van der Waals surface area contributed by atoms with E-state index in [1.54, 1.807) is 0 Å². The molecule has 7 heteroatoms. The fourth-order valence-electron chi connectivity index (χ4n) is 1.80. The molecule has 1 aromatic rings. The Bertz CT molecular complexity index is 506. The van der Waals surface area contributed by atoms with Gasteiger partial charge < -0.3 is 5.32 Å². The largest absolute Gasteiger partial charge is 0.312 e. The Morgan fingerprint density at radius 3 is 3.00 bits per heavy atom. The van der Waals surface area contributed by atoms with E-state index >= 15 is 0 Å². The van der Waals surface area contributed by atoms with E-state index in [2.05, 4.69) is 10.3 Å². The third-order valence-corrected chi connectivity index (χ3v) is 4.44. The zero-order chi connectivity index (χ0) is 12.5. The van der Waals surface area contributed by atoms with Crippen LogP contribution in [-0.2, 0) is 10.0 Å². The molecule has 0 radical (unpaired) electrons. The molecule has 2 heterocycles. The molecule has 1 unspecified atom stereocenters. The summed E-state index contributed by atoms with van der Waals surface area (Å²) in [7, 11) is -3.82. The summed E-state index contributed by atoms with van der Waals surface area (Å²) in [6, 6.07) is 2.53. The van der Waals surface area contributed by atoms with Gasteiger partial charge in [-0.2, -0.15) is 4.31 Å². The van der Waals surface area contributed by atoms with Crippen LogP contribution in [0.5, 0.6) is 0 Å². The lowest BCUT2D eigenvalue weighted by Crippen LogP contribution is -2.51. The minimum atomic E-state index is -3.82. The van der Waals surface area contributed by atoms with E-state index in [-0.39, 0.29) is 6.04 Å². The first kappa shape index (κ1) is 12.4. The molecular weight excluding hydrogens is 245 g/mol. The van der Waals surface area contributed by atoms with Gasteiger partial charge in [-0.3, -0.25) is 0 Å². The summed E-state index contributed by atoms with van der Waals surface area (Å²) >= 11 is 0. The van der Waals surface area contributed by atoms with Crippen molar-refractivity contribution in [3.05, 3.63) is 24.1 Å². The molecule has 0 aliphatic carbocycles. The van der Waals surface area contributed by atoms with Gasteiger partial charge in [0.25, 0.3) is 10.0 Å². The number of halogens is 1. The van der Waals surface area contributed by atoms with Gasteiger partial charge in [-0.25, -0.2) is 17.8 Å². The van der Waals surface area contributed by atoms with Gasteiger partial charge in [0.1, 0.15) is 0 Å². The van der Waals surface area contributed by atoms with Crippen molar-refractivity contribution in [1.29, 1.82) is 0 Å². The van der Waals surface area contributed by atoms with Crippen LogP contribution in [-0.4, -0.2) is 43.4 Å². The van der Waals surface area contributed by atoms with Gasteiger partial charge in [0.2, 0.25) is 5.03 Å². The van der Waals surface area contributed by atoms with Crippen molar-refractivity contribution in [1.82, 2.24) is 14.6 Å². The van der Waals surface area contributed by atoms with Gasteiger partial charge >= 0.3 is 0 Å². The number of piperazine rings is 1. The summed E-state index contributed by atoms with van der Waals surface area (Å²) in [4.78, 5) is 3.63. The molecule has 5 nitrogen and oxygen atoms in total. The van der Waals surface area contributed by atoms with Crippen molar-refractivity contribution in [2.45, 2.75) is 18.0 Å². The van der Waals surface area contributed by atoms with Crippen LogP contribution in [0, 0.1) is 5.82 Å². The highest BCUT2D eigenvalue weighted by Gasteiger charge is 2.31. The molecule has 0 aromatic carbocycles. The molecule has 0 saturated carbocycles. The Labute approximate surface area is 99.7 Å². The van der Waals surface area contributed by atoms with Crippen molar-refractivity contribution >= 4 is 10.0 Å². The van der Waals surface area contributed by atoms with Gasteiger partial charge in [0, 0.05) is 31.9 Å². The van der Waals surface area contributed by atoms with Crippen molar-refractivity contribution < 1.29 is 12.8 Å². The predicted molar refractivity (Wildman–Crippen MR) is 60.4 cm³/mol. The molecule has 1 saturated heterocycles. The SMILES string of the molecule is CC1CN(S(=O)(=O)c2ncccc2F)CCN1.